The Morgan fingerprint density at radius 1 is 0.900 bits per heavy atom. The third-order valence-corrected chi connectivity index (χ3v) is 7.09. The van der Waals surface area contributed by atoms with E-state index >= 15 is 0 Å². The number of rotatable bonds is 12. The fourth-order valence-corrected chi connectivity index (χ4v) is 4.97. The molecule has 0 saturated heterocycles. The first kappa shape index (κ1) is 28.8. The van der Waals surface area contributed by atoms with Gasteiger partial charge >= 0.3 is 5.88 Å². The van der Waals surface area contributed by atoms with Crippen molar-refractivity contribution in [3.63, 3.8) is 0 Å². The molecule has 0 aliphatic carbocycles. The minimum Gasteiger partial charge on any atom is -0.493 e. The Balaban J connectivity index is 1.45. The summed E-state index contributed by atoms with van der Waals surface area (Å²) in [4.78, 5) is 27.9. The minimum atomic E-state index is -0.619. The average molecular weight is 554 g/mol. The van der Waals surface area contributed by atoms with Gasteiger partial charge in [-0.15, -0.1) is 0 Å². The van der Waals surface area contributed by atoms with Crippen LogP contribution in [0.15, 0.2) is 46.9 Å². The highest BCUT2D eigenvalue weighted by atomic mass is 16.6. The first-order chi connectivity index (χ1) is 19.4. The lowest BCUT2D eigenvalue weighted by molar-refractivity contribution is -0.402. The molecule has 0 fully saturated rings. The Morgan fingerprint density at radius 3 is 2.05 bits per heavy atom. The van der Waals surface area contributed by atoms with Crippen LogP contribution in [0.25, 0.3) is 0 Å². The second-order valence-electron chi connectivity index (χ2n) is 9.43. The molecule has 0 bridgehead atoms. The van der Waals surface area contributed by atoms with E-state index in [1.807, 2.05) is 0 Å². The Hall–Kier alpha value is -4.25. The number of nitrogens with zero attached hydrogens (tertiary/aromatic N) is 3. The normalized spacial score (nSPS) is 13.2. The Bertz CT molecular complexity index is 1300. The van der Waals surface area contributed by atoms with E-state index in [1.165, 1.54) is 30.4 Å². The Morgan fingerprint density at radius 2 is 1.50 bits per heavy atom. The van der Waals surface area contributed by atoms with Crippen LogP contribution in [0.4, 0.5) is 11.6 Å². The van der Waals surface area contributed by atoms with Crippen molar-refractivity contribution in [2.24, 2.45) is 0 Å². The highest BCUT2D eigenvalue weighted by Gasteiger charge is 2.22. The average Bonchev–Trinajstić information content (AvgIpc) is 3.35. The van der Waals surface area contributed by atoms with E-state index in [-0.39, 0.29) is 18.1 Å². The number of anilines is 1. The van der Waals surface area contributed by atoms with Gasteiger partial charge in [-0.2, -0.15) is 0 Å². The summed E-state index contributed by atoms with van der Waals surface area (Å²) in [5.74, 6) is 2.14. The van der Waals surface area contributed by atoms with Gasteiger partial charge in [0.05, 0.1) is 40.9 Å². The molecule has 1 aliphatic rings. The molecular weight excluding hydrogens is 518 g/mol. The molecule has 4 rings (SSSR count). The van der Waals surface area contributed by atoms with Crippen LogP contribution in [-0.4, -0.2) is 70.3 Å². The highest BCUT2D eigenvalue weighted by Crippen LogP contribution is 2.33. The van der Waals surface area contributed by atoms with Crippen molar-refractivity contribution in [2.75, 3.05) is 59.5 Å². The number of methoxy groups -OCH3 is 4. The summed E-state index contributed by atoms with van der Waals surface area (Å²) in [6.07, 6.45) is 2.41. The number of benzene rings is 2. The first-order valence-electron chi connectivity index (χ1n) is 13.1. The number of ether oxygens (including phenoxy) is 4. The highest BCUT2D eigenvalue weighted by molar-refractivity contribution is 5.94. The van der Waals surface area contributed by atoms with Crippen molar-refractivity contribution in [1.82, 2.24) is 4.90 Å². The fourth-order valence-electron chi connectivity index (χ4n) is 4.97. The third-order valence-electron chi connectivity index (χ3n) is 7.09. The van der Waals surface area contributed by atoms with Gasteiger partial charge in [0.1, 0.15) is 10.7 Å². The Kier molecular flexibility index (Phi) is 9.49. The third kappa shape index (κ3) is 6.66. The van der Waals surface area contributed by atoms with Crippen LogP contribution in [0.5, 0.6) is 23.0 Å². The molecule has 1 amide bonds. The molecule has 1 aliphatic heterocycles. The summed E-state index contributed by atoms with van der Waals surface area (Å²) in [6.45, 7) is 3.03. The lowest BCUT2D eigenvalue weighted by Gasteiger charge is -2.26. The number of hydrogen-bond acceptors (Lipinski definition) is 9. The van der Waals surface area contributed by atoms with Crippen molar-refractivity contribution in [1.29, 1.82) is 0 Å². The Labute approximate surface area is 233 Å². The maximum atomic E-state index is 13.4. The van der Waals surface area contributed by atoms with Gasteiger partial charge in [-0.1, -0.05) is 0 Å². The predicted molar refractivity (Wildman–Crippen MR) is 149 cm³/mol. The van der Waals surface area contributed by atoms with Crippen LogP contribution < -0.4 is 23.8 Å². The number of amides is 1. The molecule has 11 heteroatoms. The van der Waals surface area contributed by atoms with Gasteiger partial charge in [-0.25, -0.2) is 0 Å². The van der Waals surface area contributed by atoms with Crippen molar-refractivity contribution in [3.05, 3.63) is 69.5 Å². The SMILES string of the molecule is COc1ccc(N(CCCN2CCc3cc(OC)c(OC)cc3CC2)C(=O)Cc2ccc([N+](=O)[O-])o2)cc1OC. The predicted octanol–water partition coefficient (Wildman–Crippen LogP) is 4.29. The second-order valence-corrected chi connectivity index (χ2v) is 9.43. The molecule has 3 aromatic rings. The minimum absolute atomic E-state index is 0.106. The smallest absolute Gasteiger partial charge is 0.433 e. The molecule has 40 heavy (non-hydrogen) atoms. The zero-order valence-corrected chi connectivity index (χ0v) is 23.3. The van der Waals surface area contributed by atoms with E-state index in [2.05, 4.69) is 17.0 Å². The van der Waals surface area contributed by atoms with E-state index in [1.54, 1.807) is 44.4 Å². The second kappa shape index (κ2) is 13.2. The maximum Gasteiger partial charge on any atom is 0.433 e. The molecule has 0 N–H and O–H groups in total. The van der Waals surface area contributed by atoms with E-state index < -0.39 is 10.8 Å². The fraction of sp³-hybridized carbons (Fsp3) is 0.414. The molecule has 11 nitrogen and oxygen atoms in total. The van der Waals surface area contributed by atoms with Gasteiger partial charge in [0.25, 0.3) is 0 Å². The number of furan rings is 1. The zero-order chi connectivity index (χ0) is 28.6. The standard InChI is InChI=1S/C29H35N3O8/c1-36-24-8-6-22(18-27(24)39-4)31(28(33)19-23-7-9-29(40-23)32(34)35)13-5-12-30-14-10-20-16-25(37-2)26(38-3)17-21(20)11-15-30/h6-9,16-18H,5,10-15,19H2,1-4H3. The number of carbonyl (C=O) groups excluding carboxylic acids is 1. The topological polar surface area (TPSA) is 117 Å². The monoisotopic (exact) mass is 553 g/mol. The van der Waals surface area contributed by atoms with Crippen LogP contribution in [-0.2, 0) is 24.1 Å². The summed E-state index contributed by atoms with van der Waals surface area (Å²) < 4.78 is 27.0. The number of hydrogen-bond donors (Lipinski definition) is 0. The summed E-state index contributed by atoms with van der Waals surface area (Å²) in [5, 5.41) is 11.0. The number of nitro groups is 1. The largest absolute Gasteiger partial charge is 0.493 e. The summed E-state index contributed by atoms with van der Waals surface area (Å²) >= 11 is 0. The maximum absolute atomic E-state index is 13.4. The molecule has 2 aromatic carbocycles. The lowest BCUT2D eigenvalue weighted by atomic mass is 10.0. The van der Waals surface area contributed by atoms with Crippen molar-refractivity contribution in [2.45, 2.75) is 25.7 Å². The molecule has 0 spiro atoms. The zero-order valence-electron chi connectivity index (χ0n) is 23.3. The van der Waals surface area contributed by atoms with E-state index in [9.17, 15) is 14.9 Å². The number of carbonyl (C=O) groups is 1. The molecule has 0 saturated carbocycles. The van der Waals surface area contributed by atoms with Crippen LogP contribution in [0.1, 0.15) is 23.3 Å². The summed E-state index contributed by atoms with van der Waals surface area (Å²) in [5.41, 5.74) is 3.16. The van der Waals surface area contributed by atoms with Crippen molar-refractivity contribution < 1.29 is 33.1 Å². The first-order valence-corrected chi connectivity index (χ1v) is 13.1. The number of fused-ring (bicyclic) bond motifs is 1. The quantitative estimate of drug-likeness (QED) is 0.239. The molecule has 2 heterocycles. The van der Waals surface area contributed by atoms with E-state index in [0.717, 1.165) is 50.4 Å². The molecule has 0 atom stereocenters. The van der Waals surface area contributed by atoms with Crippen LogP contribution >= 0.6 is 0 Å². The van der Waals surface area contributed by atoms with Gasteiger partial charge in [0.2, 0.25) is 5.91 Å². The van der Waals surface area contributed by atoms with Gasteiger partial charge in [-0.3, -0.25) is 14.9 Å². The van der Waals surface area contributed by atoms with Crippen LogP contribution in [0.2, 0.25) is 0 Å². The van der Waals surface area contributed by atoms with Gasteiger partial charge in [0.15, 0.2) is 23.0 Å². The summed E-state index contributed by atoms with van der Waals surface area (Å²) in [6, 6.07) is 12.1. The van der Waals surface area contributed by atoms with Gasteiger partial charge in [-0.05, 0) is 67.3 Å². The molecular formula is C29H35N3O8. The van der Waals surface area contributed by atoms with Crippen molar-refractivity contribution >= 4 is 17.5 Å². The van der Waals surface area contributed by atoms with Crippen LogP contribution in [0.3, 0.4) is 0 Å². The summed E-state index contributed by atoms with van der Waals surface area (Å²) in [7, 11) is 6.38. The molecule has 214 valence electrons. The molecule has 0 radical (unpaired) electrons. The molecule has 0 unspecified atom stereocenters. The van der Waals surface area contributed by atoms with Gasteiger partial charge < -0.3 is 33.2 Å². The molecule has 1 aromatic heterocycles. The van der Waals surface area contributed by atoms with Crippen molar-refractivity contribution in [3.8, 4) is 23.0 Å². The van der Waals surface area contributed by atoms with E-state index in [4.69, 9.17) is 23.4 Å². The van der Waals surface area contributed by atoms with Gasteiger partial charge in [0, 0.05) is 31.4 Å². The lowest BCUT2D eigenvalue weighted by Crippen LogP contribution is -2.36. The van der Waals surface area contributed by atoms with Crippen LogP contribution in [0, 0.1) is 10.1 Å². The van der Waals surface area contributed by atoms with E-state index in [0.29, 0.717) is 23.7 Å².